The number of carboxylic acids is 1. The van der Waals surface area contributed by atoms with Crippen LogP contribution in [0.25, 0.3) is 0 Å². The Kier molecular flexibility index (Phi) is 4.59. The highest BCUT2D eigenvalue weighted by atomic mass is 16.4. The summed E-state index contributed by atoms with van der Waals surface area (Å²) >= 11 is 0. The number of hydrogen-bond donors (Lipinski definition) is 1. The zero-order valence-corrected chi connectivity index (χ0v) is 13.3. The predicted molar refractivity (Wildman–Crippen MR) is 86.2 cm³/mol. The monoisotopic (exact) mass is 328 g/mol. The average Bonchev–Trinajstić information content (AvgIpc) is 3.15. The average molecular weight is 328 g/mol. The first-order valence-corrected chi connectivity index (χ1v) is 8.02. The van der Waals surface area contributed by atoms with Gasteiger partial charge in [0.1, 0.15) is 0 Å². The summed E-state index contributed by atoms with van der Waals surface area (Å²) < 4.78 is 1.51. The second-order valence-corrected chi connectivity index (χ2v) is 6.02. The number of carbonyl (C=O) groups is 2. The lowest BCUT2D eigenvalue weighted by molar-refractivity contribution is -0.153. The lowest BCUT2D eigenvalue weighted by Gasteiger charge is -2.39. The molecule has 1 N–H and O–H groups in total. The summed E-state index contributed by atoms with van der Waals surface area (Å²) in [6, 6.07) is 5.52. The van der Waals surface area contributed by atoms with Gasteiger partial charge in [-0.3, -0.25) is 14.5 Å². The molecule has 0 bridgehead atoms. The summed E-state index contributed by atoms with van der Waals surface area (Å²) in [5.74, 6) is -0.832. The van der Waals surface area contributed by atoms with Crippen molar-refractivity contribution in [1.29, 1.82) is 0 Å². The van der Waals surface area contributed by atoms with E-state index in [4.69, 9.17) is 0 Å². The van der Waals surface area contributed by atoms with Gasteiger partial charge in [-0.1, -0.05) is 0 Å². The summed E-state index contributed by atoms with van der Waals surface area (Å²) in [7, 11) is 0. The Hall–Kier alpha value is -2.70. The standard InChI is InChI=1S/C17H20N4O3/c22-15(3-2-14-4-9-18-10-5-14)20-12-6-17(7-13-20,16(23)24)21-11-1-8-19-21/h1,4-5,8-11H,2-3,6-7,12-13H2,(H,23,24). The highest BCUT2D eigenvalue weighted by molar-refractivity contribution is 5.79. The van der Waals surface area contributed by atoms with Crippen LogP contribution in [0.1, 0.15) is 24.8 Å². The van der Waals surface area contributed by atoms with Crippen LogP contribution in [0.4, 0.5) is 0 Å². The number of nitrogens with zero attached hydrogens (tertiary/aromatic N) is 4. The smallest absolute Gasteiger partial charge is 0.331 e. The van der Waals surface area contributed by atoms with Crippen molar-refractivity contribution in [3.63, 3.8) is 0 Å². The molecule has 2 aromatic heterocycles. The van der Waals surface area contributed by atoms with Crippen LogP contribution in [0.5, 0.6) is 0 Å². The molecule has 1 aliphatic rings. The molecule has 24 heavy (non-hydrogen) atoms. The van der Waals surface area contributed by atoms with Gasteiger partial charge in [0.25, 0.3) is 0 Å². The number of aryl methyl sites for hydroxylation is 1. The Morgan fingerprint density at radius 3 is 2.46 bits per heavy atom. The minimum atomic E-state index is -1.05. The summed E-state index contributed by atoms with van der Waals surface area (Å²) in [4.78, 5) is 29.9. The molecule has 7 nitrogen and oxygen atoms in total. The van der Waals surface area contributed by atoms with Crippen molar-refractivity contribution in [2.45, 2.75) is 31.2 Å². The van der Waals surface area contributed by atoms with Gasteiger partial charge in [-0.2, -0.15) is 5.10 Å². The van der Waals surface area contributed by atoms with Gasteiger partial charge < -0.3 is 10.0 Å². The van der Waals surface area contributed by atoms with Crippen LogP contribution in [0, 0.1) is 0 Å². The molecule has 1 amide bonds. The zero-order valence-electron chi connectivity index (χ0n) is 13.3. The van der Waals surface area contributed by atoms with Gasteiger partial charge in [-0.15, -0.1) is 0 Å². The van der Waals surface area contributed by atoms with Crippen molar-refractivity contribution < 1.29 is 14.7 Å². The number of aromatic nitrogens is 3. The van der Waals surface area contributed by atoms with Crippen LogP contribution in [-0.4, -0.2) is 49.7 Å². The van der Waals surface area contributed by atoms with E-state index in [9.17, 15) is 14.7 Å². The summed E-state index contributed by atoms with van der Waals surface area (Å²) in [5, 5.41) is 13.8. The molecule has 0 aromatic carbocycles. The van der Waals surface area contributed by atoms with Crippen LogP contribution in [-0.2, 0) is 21.5 Å². The van der Waals surface area contributed by atoms with Crippen molar-refractivity contribution in [2.24, 2.45) is 0 Å². The molecular weight excluding hydrogens is 308 g/mol. The fourth-order valence-electron chi connectivity index (χ4n) is 3.15. The number of piperidine rings is 1. The molecule has 0 radical (unpaired) electrons. The Morgan fingerprint density at radius 2 is 1.88 bits per heavy atom. The van der Waals surface area contributed by atoms with Crippen molar-refractivity contribution in [3.8, 4) is 0 Å². The van der Waals surface area contributed by atoms with E-state index in [0.717, 1.165) is 5.56 Å². The number of carboxylic acid groups (broad SMARTS) is 1. The first-order valence-electron chi connectivity index (χ1n) is 8.02. The molecule has 0 aliphatic carbocycles. The zero-order chi connectivity index (χ0) is 17.0. The van der Waals surface area contributed by atoms with Gasteiger partial charge in [0.15, 0.2) is 5.54 Å². The fraction of sp³-hybridized carbons (Fsp3) is 0.412. The molecule has 126 valence electrons. The Labute approximate surface area is 139 Å². The van der Waals surface area contributed by atoms with Gasteiger partial charge in [0, 0.05) is 57.1 Å². The molecule has 1 aliphatic heterocycles. The first kappa shape index (κ1) is 16.2. The number of rotatable bonds is 5. The van der Waals surface area contributed by atoms with E-state index < -0.39 is 11.5 Å². The number of amides is 1. The molecule has 7 heteroatoms. The van der Waals surface area contributed by atoms with Gasteiger partial charge in [-0.25, -0.2) is 4.79 Å². The van der Waals surface area contributed by atoms with Crippen molar-refractivity contribution in [1.82, 2.24) is 19.7 Å². The van der Waals surface area contributed by atoms with Gasteiger partial charge >= 0.3 is 5.97 Å². The van der Waals surface area contributed by atoms with E-state index in [1.165, 1.54) is 4.68 Å². The van der Waals surface area contributed by atoms with Crippen LogP contribution in [0.15, 0.2) is 43.0 Å². The Bertz CT molecular complexity index is 692. The normalized spacial score (nSPS) is 16.8. The van der Waals surface area contributed by atoms with Crippen molar-refractivity contribution in [2.75, 3.05) is 13.1 Å². The SMILES string of the molecule is O=C(CCc1ccncc1)N1CCC(C(=O)O)(n2cccn2)CC1. The lowest BCUT2D eigenvalue weighted by atomic mass is 9.87. The summed E-state index contributed by atoms with van der Waals surface area (Å²) in [6.45, 7) is 0.864. The molecule has 0 spiro atoms. The maximum atomic E-state index is 12.4. The maximum absolute atomic E-state index is 12.4. The molecule has 1 saturated heterocycles. The number of hydrogen-bond acceptors (Lipinski definition) is 4. The number of aliphatic carboxylic acids is 1. The second kappa shape index (κ2) is 6.82. The highest BCUT2D eigenvalue weighted by Crippen LogP contribution is 2.30. The first-order chi connectivity index (χ1) is 11.6. The van der Waals surface area contributed by atoms with Gasteiger partial charge in [0.2, 0.25) is 5.91 Å². The topological polar surface area (TPSA) is 88.3 Å². The van der Waals surface area contributed by atoms with E-state index in [1.807, 2.05) is 12.1 Å². The molecule has 2 aromatic rings. The Morgan fingerprint density at radius 1 is 1.17 bits per heavy atom. The quantitative estimate of drug-likeness (QED) is 0.894. The van der Waals surface area contributed by atoms with E-state index in [0.29, 0.717) is 38.8 Å². The molecule has 1 fully saturated rings. The van der Waals surface area contributed by atoms with Crippen LogP contribution < -0.4 is 0 Å². The Balaban J connectivity index is 1.59. The molecule has 0 unspecified atom stereocenters. The second-order valence-electron chi connectivity index (χ2n) is 6.02. The van der Waals surface area contributed by atoms with Crippen molar-refractivity contribution >= 4 is 11.9 Å². The molecule has 3 rings (SSSR count). The number of carbonyl (C=O) groups excluding carboxylic acids is 1. The van der Waals surface area contributed by atoms with Gasteiger partial charge in [0.05, 0.1) is 0 Å². The van der Waals surface area contributed by atoms with E-state index in [-0.39, 0.29) is 5.91 Å². The predicted octanol–water partition coefficient (Wildman–Crippen LogP) is 1.31. The number of pyridine rings is 1. The lowest BCUT2D eigenvalue weighted by Crippen LogP contribution is -2.52. The van der Waals surface area contributed by atoms with Crippen LogP contribution >= 0.6 is 0 Å². The summed E-state index contributed by atoms with van der Waals surface area (Å²) in [5.41, 5.74) is 0.0255. The number of likely N-dealkylation sites (tertiary alicyclic amines) is 1. The largest absolute Gasteiger partial charge is 0.479 e. The highest BCUT2D eigenvalue weighted by Gasteiger charge is 2.44. The molecule has 0 atom stereocenters. The van der Waals surface area contributed by atoms with Crippen LogP contribution in [0.3, 0.4) is 0 Å². The molecule has 3 heterocycles. The summed E-state index contributed by atoms with van der Waals surface area (Å²) in [6.07, 6.45) is 8.51. The molecule has 0 saturated carbocycles. The minimum Gasteiger partial charge on any atom is -0.479 e. The van der Waals surface area contributed by atoms with Gasteiger partial charge in [-0.05, 0) is 30.2 Å². The van der Waals surface area contributed by atoms with E-state index >= 15 is 0 Å². The third-order valence-corrected chi connectivity index (χ3v) is 4.66. The third-order valence-electron chi connectivity index (χ3n) is 4.66. The van der Waals surface area contributed by atoms with E-state index in [2.05, 4.69) is 10.1 Å². The fourth-order valence-corrected chi connectivity index (χ4v) is 3.15. The van der Waals surface area contributed by atoms with Crippen molar-refractivity contribution in [3.05, 3.63) is 48.5 Å². The van der Waals surface area contributed by atoms with Crippen LogP contribution in [0.2, 0.25) is 0 Å². The minimum absolute atomic E-state index is 0.0614. The molecular formula is C17H20N4O3. The third kappa shape index (κ3) is 3.15. The maximum Gasteiger partial charge on any atom is 0.331 e. The van der Waals surface area contributed by atoms with E-state index in [1.54, 1.807) is 35.8 Å².